The zero-order valence-electron chi connectivity index (χ0n) is 10.5. The highest BCUT2D eigenvalue weighted by atomic mass is 79.9. The average Bonchev–Trinajstić information content (AvgIpc) is 2.38. The fourth-order valence-electron chi connectivity index (χ4n) is 2.21. The number of nitrogens with zero attached hydrogens (tertiary/aromatic N) is 1. The van der Waals surface area contributed by atoms with Gasteiger partial charge in [-0.3, -0.25) is 0 Å². The molecular weight excluding hydrogens is 294 g/mol. The Morgan fingerprint density at radius 3 is 2.89 bits per heavy atom. The van der Waals surface area contributed by atoms with Crippen LogP contribution in [-0.2, 0) is 4.74 Å². The lowest BCUT2D eigenvalue weighted by atomic mass is 9.98. The molecule has 4 nitrogen and oxygen atoms in total. The molecule has 0 aromatic carbocycles. The molecule has 1 aromatic rings. The summed E-state index contributed by atoms with van der Waals surface area (Å²) in [7, 11) is 0. The van der Waals surface area contributed by atoms with Gasteiger partial charge in [0.2, 0.25) is 0 Å². The van der Waals surface area contributed by atoms with E-state index in [-0.39, 0.29) is 0 Å². The number of aromatic nitrogens is 1. The Balaban J connectivity index is 1.68. The molecule has 3 N–H and O–H groups in total. The number of hydrogen-bond acceptors (Lipinski definition) is 4. The third kappa shape index (κ3) is 4.14. The highest BCUT2D eigenvalue weighted by Gasteiger charge is 2.13. The second-order valence-corrected chi connectivity index (χ2v) is 5.51. The quantitative estimate of drug-likeness (QED) is 0.820. The van der Waals surface area contributed by atoms with E-state index in [1.54, 1.807) is 6.20 Å². The summed E-state index contributed by atoms with van der Waals surface area (Å²) in [6.45, 7) is 1.50. The smallest absolute Gasteiger partial charge is 0.140 e. The first-order chi connectivity index (χ1) is 8.75. The highest BCUT2D eigenvalue weighted by Crippen LogP contribution is 2.22. The van der Waals surface area contributed by atoms with Crippen molar-refractivity contribution in [2.45, 2.75) is 38.2 Å². The number of anilines is 2. The van der Waals surface area contributed by atoms with Gasteiger partial charge in [0, 0.05) is 6.54 Å². The fraction of sp³-hybridized carbons (Fsp3) is 0.615. The van der Waals surface area contributed by atoms with Crippen LogP contribution in [0.5, 0.6) is 0 Å². The first kappa shape index (κ1) is 13.6. The summed E-state index contributed by atoms with van der Waals surface area (Å²) >= 11 is 3.43. The normalized spacial score (nSPS) is 16.7. The van der Waals surface area contributed by atoms with Gasteiger partial charge in [-0.1, -0.05) is 19.3 Å². The van der Waals surface area contributed by atoms with E-state index in [0.717, 1.165) is 23.4 Å². The minimum absolute atomic E-state index is 0.461. The van der Waals surface area contributed by atoms with Gasteiger partial charge < -0.3 is 15.8 Å². The Hall–Kier alpha value is -0.810. The van der Waals surface area contributed by atoms with Gasteiger partial charge >= 0.3 is 0 Å². The van der Waals surface area contributed by atoms with Crippen LogP contribution < -0.4 is 11.1 Å². The van der Waals surface area contributed by atoms with Gasteiger partial charge in [0.25, 0.3) is 0 Å². The van der Waals surface area contributed by atoms with Crippen molar-refractivity contribution < 1.29 is 4.74 Å². The van der Waals surface area contributed by atoms with E-state index in [9.17, 15) is 0 Å². The van der Waals surface area contributed by atoms with Crippen LogP contribution in [0, 0.1) is 0 Å². The topological polar surface area (TPSA) is 60.2 Å². The van der Waals surface area contributed by atoms with Gasteiger partial charge in [0.1, 0.15) is 5.82 Å². The molecule has 1 saturated carbocycles. The van der Waals surface area contributed by atoms with Crippen molar-refractivity contribution in [2.24, 2.45) is 0 Å². The zero-order valence-corrected chi connectivity index (χ0v) is 12.1. The molecule has 1 aliphatic rings. The molecule has 5 heteroatoms. The molecule has 1 aliphatic carbocycles. The summed E-state index contributed by atoms with van der Waals surface area (Å²) in [6.07, 6.45) is 8.51. The monoisotopic (exact) mass is 313 g/mol. The largest absolute Gasteiger partial charge is 0.397 e. The predicted octanol–water partition coefficient (Wildman–Crippen LogP) is 3.19. The van der Waals surface area contributed by atoms with Gasteiger partial charge in [-0.25, -0.2) is 4.98 Å². The van der Waals surface area contributed by atoms with E-state index in [1.807, 2.05) is 6.07 Å². The van der Waals surface area contributed by atoms with Crippen LogP contribution in [0.1, 0.15) is 32.1 Å². The van der Waals surface area contributed by atoms with E-state index < -0.39 is 0 Å². The van der Waals surface area contributed by atoms with Crippen molar-refractivity contribution in [3.63, 3.8) is 0 Å². The van der Waals surface area contributed by atoms with Crippen molar-refractivity contribution in [1.29, 1.82) is 0 Å². The lowest BCUT2D eigenvalue weighted by Crippen LogP contribution is -2.20. The Kier molecular flexibility index (Phi) is 5.26. The van der Waals surface area contributed by atoms with E-state index >= 15 is 0 Å². The number of ether oxygens (including phenoxy) is 1. The first-order valence-corrected chi connectivity index (χ1v) is 7.31. The molecule has 0 bridgehead atoms. The van der Waals surface area contributed by atoms with Gasteiger partial charge in [-0.05, 0) is 34.8 Å². The number of halogens is 1. The van der Waals surface area contributed by atoms with E-state index in [4.69, 9.17) is 10.5 Å². The van der Waals surface area contributed by atoms with Crippen LogP contribution in [-0.4, -0.2) is 24.2 Å². The zero-order chi connectivity index (χ0) is 12.8. The molecule has 100 valence electrons. The van der Waals surface area contributed by atoms with Crippen molar-refractivity contribution >= 4 is 27.4 Å². The van der Waals surface area contributed by atoms with Gasteiger partial charge in [0.15, 0.2) is 0 Å². The average molecular weight is 314 g/mol. The molecule has 0 aliphatic heterocycles. The van der Waals surface area contributed by atoms with Crippen LogP contribution in [0.25, 0.3) is 0 Å². The number of nitrogens with two attached hydrogens (primary N) is 1. The maximum absolute atomic E-state index is 5.84. The standard InChI is InChI=1S/C13H20BrN3O/c14-12-8-10(15)9-17-13(12)16-6-7-18-11-4-2-1-3-5-11/h8-9,11H,1-7,15H2,(H,16,17). The van der Waals surface area contributed by atoms with Crippen LogP contribution >= 0.6 is 15.9 Å². The fourth-order valence-corrected chi connectivity index (χ4v) is 2.72. The van der Waals surface area contributed by atoms with Gasteiger partial charge in [0.05, 0.1) is 29.1 Å². The van der Waals surface area contributed by atoms with Crippen molar-refractivity contribution in [2.75, 3.05) is 24.2 Å². The Bertz CT molecular complexity index is 380. The third-order valence-corrected chi connectivity index (χ3v) is 3.77. The molecule has 1 aromatic heterocycles. The molecule has 18 heavy (non-hydrogen) atoms. The van der Waals surface area contributed by atoms with Crippen LogP contribution in [0.4, 0.5) is 11.5 Å². The number of pyridine rings is 1. The molecule has 0 amide bonds. The van der Waals surface area contributed by atoms with Crippen molar-refractivity contribution in [3.05, 3.63) is 16.7 Å². The summed E-state index contributed by atoms with van der Waals surface area (Å²) in [5, 5.41) is 3.24. The molecular formula is C13H20BrN3O. The van der Waals surface area contributed by atoms with Gasteiger partial charge in [-0.15, -0.1) is 0 Å². The summed E-state index contributed by atoms with van der Waals surface area (Å²) in [4.78, 5) is 4.22. The SMILES string of the molecule is Nc1cnc(NCCOC2CCCCC2)c(Br)c1. The number of nitrogens with one attached hydrogen (secondary N) is 1. The molecule has 0 atom stereocenters. The van der Waals surface area contributed by atoms with Crippen LogP contribution in [0.2, 0.25) is 0 Å². The summed E-state index contributed by atoms with van der Waals surface area (Å²) in [5.74, 6) is 0.816. The minimum atomic E-state index is 0.461. The van der Waals surface area contributed by atoms with Crippen molar-refractivity contribution in [3.8, 4) is 0 Å². The number of hydrogen-bond donors (Lipinski definition) is 2. The highest BCUT2D eigenvalue weighted by molar-refractivity contribution is 9.10. The predicted molar refractivity (Wildman–Crippen MR) is 77.7 cm³/mol. The molecule has 0 unspecified atom stereocenters. The Morgan fingerprint density at radius 1 is 1.39 bits per heavy atom. The Morgan fingerprint density at radius 2 is 2.17 bits per heavy atom. The molecule has 1 fully saturated rings. The van der Waals surface area contributed by atoms with E-state index in [1.165, 1.54) is 32.1 Å². The summed E-state index contributed by atoms with van der Waals surface area (Å²) in [5.41, 5.74) is 6.29. The Labute approximate surface area is 116 Å². The van der Waals surface area contributed by atoms with Crippen LogP contribution in [0.3, 0.4) is 0 Å². The van der Waals surface area contributed by atoms with Crippen molar-refractivity contribution in [1.82, 2.24) is 4.98 Å². The lowest BCUT2D eigenvalue weighted by Gasteiger charge is -2.22. The molecule has 0 radical (unpaired) electrons. The lowest BCUT2D eigenvalue weighted by molar-refractivity contribution is 0.0347. The van der Waals surface area contributed by atoms with E-state index in [2.05, 4.69) is 26.2 Å². The number of nitrogen functional groups attached to an aromatic ring is 1. The molecule has 0 spiro atoms. The molecule has 2 rings (SSSR count). The van der Waals surface area contributed by atoms with Crippen LogP contribution in [0.15, 0.2) is 16.7 Å². The molecule has 1 heterocycles. The summed E-state index contributed by atoms with van der Waals surface area (Å²) in [6, 6.07) is 1.84. The second-order valence-electron chi connectivity index (χ2n) is 4.66. The molecule has 0 saturated heterocycles. The van der Waals surface area contributed by atoms with E-state index in [0.29, 0.717) is 11.8 Å². The maximum atomic E-state index is 5.84. The number of rotatable bonds is 5. The maximum Gasteiger partial charge on any atom is 0.140 e. The first-order valence-electron chi connectivity index (χ1n) is 6.52. The van der Waals surface area contributed by atoms with Gasteiger partial charge in [-0.2, -0.15) is 0 Å². The second kappa shape index (κ2) is 6.95. The minimum Gasteiger partial charge on any atom is -0.397 e. The third-order valence-electron chi connectivity index (χ3n) is 3.16. The summed E-state index contributed by atoms with van der Waals surface area (Å²) < 4.78 is 6.73.